The van der Waals surface area contributed by atoms with Gasteiger partial charge in [0.2, 0.25) is 5.91 Å². The van der Waals surface area contributed by atoms with Crippen molar-refractivity contribution in [1.29, 1.82) is 0 Å². The topological polar surface area (TPSA) is 138 Å². The van der Waals surface area contributed by atoms with Gasteiger partial charge in [-0.15, -0.1) is 0 Å². The van der Waals surface area contributed by atoms with E-state index in [1.54, 1.807) is 18.2 Å². The number of hydrogen-bond acceptors (Lipinski definition) is 9. The Balaban J connectivity index is 1.52. The zero-order chi connectivity index (χ0) is 24.9. The predicted molar refractivity (Wildman–Crippen MR) is 123 cm³/mol. The van der Waals surface area contributed by atoms with Crippen LogP contribution < -0.4 is 10.6 Å². The second-order valence-electron chi connectivity index (χ2n) is 9.23. The van der Waals surface area contributed by atoms with Crippen LogP contribution in [0.1, 0.15) is 24.8 Å². The Morgan fingerprint density at radius 2 is 2.06 bits per heavy atom. The number of nitrogens with zero attached hydrogens (tertiary/aromatic N) is 2. The monoisotopic (exact) mass is 484 g/mol. The molecule has 2 amide bonds. The molecule has 1 aromatic rings. The third kappa shape index (κ3) is 3.41. The van der Waals surface area contributed by atoms with Crippen molar-refractivity contribution < 1.29 is 33.8 Å². The Bertz CT molecular complexity index is 1150. The number of carbonyl (C=O) groups is 4. The number of nitrogens with one attached hydrogen (secondary N) is 2. The Morgan fingerprint density at radius 3 is 2.77 bits per heavy atom. The normalized spacial score (nSPS) is 27.3. The highest BCUT2D eigenvalue weighted by Crippen LogP contribution is 2.55. The van der Waals surface area contributed by atoms with Crippen LogP contribution >= 0.6 is 0 Å². The second kappa shape index (κ2) is 8.65. The molecule has 1 spiro atoms. The number of esters is 2. The standard InChI is InChI=1S/C24H28N4O7/c1-34-21(31)14-11-24(28-7-3-4-18(14)28)16-10-13(5-6-17(16)26-23(24)33)25-19-15(22(32)35-2)12-27(8-9-29)20(19)30/h5-6,10,14,18,25,29H,3-4,7-9,11-12H2,1-2H3,(H,26,33). The molecule has 5 rings (SSSR count). The first-order valence-electron chi connectivity index (χ1n) is 11.6. The number of methoxy groups -OCH3 is 2. The van der Waals surface area contributed by atoms with E-state index < -0.39 is 23.3 Å². The van der Waals surface area contributed by atoms with Crippen LogP contribution in [0.4, 0.5) is 11.4 Å². The van der Waals surface area contributed by atoms with Crippen molar-refractivity contribution in [1.82, 2.24) is 9.80 Å². The van der Waals surface area contributed by atoms with E-state index in [1.807, 2.05) is 0 Å². The van der Waals surface area contributed by atoms with Crippen LogP contribution in [0, 0.1) is 5.92 Å². The summed E-state index contributed by atoms with van der Waals surface area (Å²) in [5.74, 6) is -1.96. The molecular formula is C24H28N4O7. The fourth-order valence-electron chi connectivity index (χ4n) is 6.05. The van der Waals surface area contributed by atoms with Crippen LogP contribution in [0.2, 0.25) is 0 Å². The van der Waals surface area contributed by atoms with Crippen LogP contribution in [0.5, 0.6) is 0 Å². The van der Waals surface area contributed by atoms with Crippen molar-refractivity contribution in [2.24, 2.45) is 5.92 Å². The molecule has 11 heteroatoms. The number of amides is 2. The van der Waals surface area contributed by atoms with Gasteiger partial charge in [-0.2, -0.15) is 0 Å². The van der Waals surface area contributed by atoms with E-state index in [0.29, 0.717) is 24.3 Å². The third-order valence-electron chi connectivity index (χ3n) is 7.59. The van der Waals surface area contributed by atoms with Crippen LogP contribution in [0.15, 0.2) is 29.5 Å². The minimum absolute atomic E-state index is 0.0274. The Kier molecular flexibility index (Phi) is 5.76. The molecule has 1 aromatic carbocycles. The average molecular weight is 485 g/mol. The van der Waals surface area contributed by atoms with Gasteiger partial charge in [-0.05, 0) is 44.0 Å². The van der Waals surface area contributed by atoms with Crippen molar-refractivity contribution in [3.05, 3.63) is 35.0 Å². The summed E-state index contributed by atoms with van der Waals surface area (Å²) in [6.45, 7) is 0.566. The summed E-state index contributed by atoms with van der Waals surface area (Å²) in [6.07, 6.45) is 2.00. The zero-order valence-corrected chi connectivity index (χ0v) is 19.6. The number of aliphatic hydroxyl groups is 1. The molecule has 2 fully saturated rings. The Hall–Kier alpha value is -3.44. The van der Waals surface area contributed by atoms with Gasteiger partial charge < -0.3 is 30.1 Å². The fraction of sp³-hybridized carbons (Fsp3) is 0.500. The van der Waals surface area contributed by atoms with Crippen LogP contribution in [-0.4, -0.2) is 85.2 Å². The summed E-state index contributed by atoms with van der Waals surface area (Å²) in [7, 11) is 2.61. The summed E-state index contributed by atoms with van der Waals surface area (Å²) in [5.41, 5.74) is 1.14. The highest BCUT2D eigenvalue weighted by atomic mass is 16.5. The smallest absolute Gasteiger partial charge is 0.337 e. The molecule has 3 unspecified atom stereocenters. The Morgan fingerprint density at radius 1 is 1.26 bits per heavy atom. The van der Waals surface area contributed by atoms with E-state index in [0.717, 1.165) is 18.4 Å². The molecule has 0 bridgehead atoms. The number of fused-ring (bicyclic) bond motifs is 4. The first-order chi connectivity index (χ1) is 16.8. The largest absolute Gasteiger partial charge is 0.469 e. The maximum atomic E-state index is 13.4. The van der Waals surface area contributed by atoms with Crippen molar-refractivity contribution in [2.75, 3.05) is 51.1 Å². The van der Waals surface area contributed by atoms with Crippen LogP contribution in [-0.2, 0) is 34.2 Å². The number of aliphatic hydroxyl groups excluding tert-OH is 1. The SMILES string of the molecule is COC(=O)C1=C(Nc2ccc3c(c2)C2(CC(C(=O)OC)C4CCCN42)C(=O)N3)C(=O)N(CCO)C1. The zero-order valence-electron chi connectivity index (χ0n) is 19.6. The maximum Gasteiger partial charge on any atom is 0.337 e. The first kappa shape index (κ1) is 23.3. The van der Waals surface area contributed by atoms with Gasteiger partial charge in [0.15, 0.2) is 0 Å². The molecule has 11 nitrogen and oxygen atoms in total. The third-order valence-corrected chi connectivity index (χ3v) is 7.59. The number of anilines is 2. The van der Waals surface area contributed by atoms with E-state index in [-0.39, 0.29) is 48.9 Å². The molecular weight excluding hydrogens is 456 g/mol. The summed E-state index contributed by atoms with van der Waals surface area (Å²) >= 11 is 0. The number of ether oxygens (including phenoxy) is 2. The van der Waals surface area contributed by atoms with Crippen LogP contribution in [0.3, 0.4) is 0 Å². The lowest BCUT2D eigenvalue weighted by Crippen LogP contribution is -2.47. The summed E-state index contributed by atoms with van der Waals surface area (Å²) in [4.78, 5) is 54.7. The van der Waals surface area contributed by atoms with Crippen molar-refractivity contribution in [2.45, 2.75) is 30.8 Å². The lowest BCUT2D eigenvalue weighted by Gasteiger charge is -2.33. The lowest BCUT2D eigenvalue weighted by molar-refractivity contribution is -0.146. The fourth-order valence-corrected chi connectivity index (χ4v) is 6.05. The summed E-state index contributed by atoms with van der Waals surface area (Å²) in [6, 6.07) is 5.19. The van der Waals surface area contributed by atoms with Gasteiger partial charge in [-0.1, -0.05) is 0 Å². The quantitative estimate of drug-likeness (QED) is 0.482. The molecule has 0 saturated carbocycles. The summed E-state index contributed by atoms with van der Waals surface area (Å²) in [5, 5.41) is 15.3. The predicted octanol–water partition coefficient (Wildman–Crippen LogP) is 0.165. The minimum atomic E-state index is -1.00. The van der Waals surface area contributed by atoms with E-state index >= 15 is 0 Å². The average Bonchev–Trinajstić information content (AvgIpc) is 3.59. The van der Waals surface area contributed by atoms with Crippen molar-refractivity contribution >= 4 is 35.1 Å². The van der Waals surface area contributed by atoms with Gasteiger partial charge in [0, 0.05) is 29.5 Å². The van der Waals surface area contributed by atoms with Gasteiger partial charge in [0.1, 0.15) is 11.2 Å². The molecule has 4 aliphatic heterocycles. The van der Waals surface area contributed by atoms with Crippen molar-refractivity contribution in [3.8, 4) is 0 Å². The van der Waals surface area contributed by atoms with Gasteiger partial charge >= 0.3 is 11.9 Å². The Labute approximate surface area is 202 Å². The van der Waals surface area contributed by atoms with Gasteiger partial charge in [-0.3, -0.25) is 19.3 Å². The lowest BCUT2D eigenvalue weighted by atomic mass is 9.84. The van der Waals surface area contributed by atoms with Gasteiger partial charge in [-0.25, -0.2) is 4.79 Å². The molecule has 4 heterocycles. The molecule has 3 N–H and O–H groups in total. The summed E-state index contributed by atoms with van der Waals surface area (Å²) < 4.78 is 9.90. The number of β-amino-alcohol motifs (C(OH)–C–C–N with tert-alkyl or cyclic N) is 1. The molecule has 0 radical (unpaired) electrons. The molecule has 0 aromatic heterocycles. The minimum Gasteiger partial charge on any atom is -0.469 e. The highest BCUT2D eigenvalue weighted by molar-refractivity contribution is 6.09. The van der Waals surface area contributed by atoms with E-state index in [2.05, 4.69) is 15.5 Å². The van der Waals surface area contributed by atoms with E-state index in [9.17, 15) is 24.3 Å². The molecule has 4 aliphatic rings. The molecule has 186 valence electrons. The number of benzene rings is 1. The molecule has 35 heavy (non-hydrogen) atoms. The van der Waals surface area contributed by atoms with Crippen LogP contribution in [0.25, 0.3) is 0 Å². The van der Waals surface area contributed by atoms with Gasteiger partial charge in [0.25, 0.3) is 5.91 Å². The molecule has 2 saturated heterocycles. The number of rotatable bonds is 6. The van der Waals surface area contributed by atoms with E-state index in [4.69, 9.17) is 9.47 Å². The molecule has 0 aliphatic carbocycles. The first-order valence-corrected chi connectivity index (χ1v) is 11.6. The maximum absolute atomic E-state index is 13.4. The van der Waals surface area contributed by atoms with Crippen molar-refractivity contribution in [3.63, 3.8) is 0 Å². The molecule has 3 atom stereocenters. The van der Waals surface area contributed by atoms with E-state index in [1.165, 1.54) is 19.1 Å². The number of carbonyl (C=O) groups excluding carboxylic acids is 4. The highest BCUT2D eigenvalue weighted by Gasteiger charge is 2.63. The number of hydrogen-bond donors (Lipinski definition) is 3. The van der Waals surface area contributed by atoms with Gasteiger partial charge in [0.05, 0.1) is 38.9 Å². The second-order valence-corrected chi connectivity index (χ2v) is 9.23.